The molecule has 5 heteroatoms. The van der Waals surface area contributed by atoms with Crippen molar-refractivity contribution in [2.24, 2.45) is 10.8 Å². The summed E-state index contributed by atoms with van der Waals surface area (Å²) in [4.78, 5) is 0. The maximum atomic E-state index is 5.13. The Bertz CT molecular complexity index is 316. The SMILES string of the molecule is NC(=S)N/N=C/C=C\c1ccco1. The van der Waals surface area contributed by atoms with Gasteiger partial charge in [0.25, 0.3) is 0 Å². The number of hydrogen-bond acceptors (Lipinski definition) is 3. The van der Waals surface area contributed by atoms with Crippen molar-refractivity contribution in [3.63, 3.8) is 0 Å². The van der Waals surface area contributed by atoms with E-state index in [0.717, 1.165) is 5.76 Å². The highest BCUT2D eigenvalue weighted by Gasteiger charge is 1.83. The average molecular weight is 195 g/mol. The number of thiocarbonyl (C=S) groups is 1. The Balaban J connectivity index is 2.34. The van der Waals surface area contributed by atoms with Crippen molar-refractivity contribution in [1.29, 1.82) is 0 Å². The van der Waals surface area contributed by atoms with Gasteiger partial charge in [-0.05, 0) is 36.5 Å². The normalized spacial score (nSPS) is 11.1. The molecular weight excluding hydrogens is 186 g/mol. The molecule has 1 rings (SSSR count). The van der Waals surface area contributed by atoms with Crippen molar-refractivity contribution in [3.8, 4) is 0 Å². The minimum atomic E-state index is 0.141. The van der Waals surface area contributed by atoms with E-state index in [2.05, 4.69) is 22.7 Å². The van der Waals surface area contributed by atoms with E-state index in [9.17, 15) is 0 Å². The zero-order chi connectivity index (χ0) is 9.52. The number of hydrogen-bond donors (Lipinski definition) is 2. The molecule has 0 bridgehead atoms. The maximum Gasteiger partial charge on any atom is 0.184 e. The van der Waals surface area contributed by atoms with E-state index in [0.29, 0.717) is 0 Å². The van der Waals surface area contributed by atoms with E-state index >= 15 is 0 Å². The van der Waals surface area contributed by atoms with Gasteiger partial charge < -0.3 is 10.2 Å². The first-order valence-corrected chi connectivity index (χ1v) is 3.98. The van der Waals surface area contributed by atoms with Crippen molar-refractivity contribution in [3.05, 3.63) is 30.2 Å². The summed E-state index contributed by atoms with van der Waals surface area (Å²) in [5.41, 5.74) is 7.56. The molecule has 13 heavy (non-hydrogen) atoms. The van der Waals surface area contributed by atoms with Crippen LogP contribution in [0.25, 0.3) is 6.08 Å². The predicted octanol–water partition coefficient (Wildman–Crippen LogP) is 1.11. The zero-order valence-electron chi connectivity index (χ0n) is 6.81. The smallest absolute Gasteiger partial charge is 0.184 e. The Morgan fingerprint density at radius 2 is 2.54 bits per heavy atom. The van der Waals surface area contributed by atoms with Gasteiger partial charge in [0, 0.05) is 6.21 Å². The average Bonchev–Trinajstić information content (AvgIpc) is 2.55. The van der Waals surface area contributed by atoms with Gasteiger partial charge in [0.1, 0.15) is 5.76 Å². The van der Waals surface area contributed by atoms with Crippen LogP contribution in [-0.2, 0) is 0 Å². The zero-order valence-corrected chi connectivity index (χ0v) is 7.62. The number of nitrogens with zero attached hydrogens (tertiary/aromatic N) is 1. The fraction of sp³-hybridized carbons (Fsp3) is 0. The van der Waals surface area contributed by atoms with Gasteiger partial charge in [-0.25, -0.2) is 0 Å². The summed E-state index contributed by atoms with van der Waals surface area (Å²) in [5, 5.41) is 3.84. The molecule has 68 valence electrons. The van der Waals surface area contributed by atoms with E-state index in [4.69, 9.17) is 10.2 Å². The van der Waals surface area contributed by atoms with Crippen LogP contribution in [0.2, 0.25) is 0 Å². The molecule has 0 saturated carbocycles. The number of allylic oxidation sites excluding steroid dienone is 1. The van der Waals surface area contributed by atoms with Gasteiger partial charge in [-0.3, -0.25) is 5.43 Å². The lowest BCUT2D eigenvalue weighted by molar-refractivity contribution is 0.557. The molecule has 0 amide bonds. The van der Waals surface area contributed by atoms with Crippen LogP contribution in [0.4, 0.5) is 0 Å². The Morgan fingerprint density at radius 3 is 3.15 bits per heavy atom. The Hall–Kier alpha value is -1.62. The van der Waals surface area contributed by atoms with Gasteiger partial charge >= 0.3 is 0 Å². The van der Waals surface area contributed by atoms with E-state index in [1.165, 1.54) is 6.21 Å². The minimum Gasteiger partial charge on any atom is -0.465 e. The van der Waals surface area contributed by atoms with Crippen LogP contribution >= 0.6 is 12.2 Å². The van der Waals surface area contributed by atoms with E-state index in [1.54, 1.807) is 18.4 Å². The first-order chi connectivity index (χ1) is 6.29. The van der Waals surface area contributed by atoms with E-state index < -0.39 is 0 Å². The van der Waals surface area contributed by atoms with Crippen LogP contribution in [0.15, 0.2) is 34.0 Å². The van der Waals surface area contributed by atoms with Crippen molar-refractivity contribution in [2.45, 2.75) is 0 Å². The molecule has 0 atom stereocenters. The van der Waals surface area contributed by atoms with Crippen molar-refractivity contribution in [1.82, 2.24) is 5.43 Å². The van der Waals surface area contributed by atoms with Crippen LogP contribution in [0, 0.1) is 0 Å². The van der Waals surface area contributed by atoms with Gasteiger partial charge in [0.05, 0.1) is 6.26 Å². The van der Waals surface area contributed by atoms with Crippen molar-refractivity contribution < 1.29 is 4.42 Å². The third-order valence-electron chi connectivity index (χ3n) is 1.14. The fourth-order valence-electron chi connectivity index (χ4n) is 0.668. The summed E-state index contributed by atoms with van der Waals surface area (Å²) in [6.07, 6.45) is 6.61. The molecule has 4 nitrogen and oxygen atoms in total. The van der Waals surface area contributed by atoms with Gasteiger partial charge in [-0.1, -0.05) is 0 Å². The van der Waals surface area contributed by atoms with Crippen LogP contribution in [-0.4, -0.2) is 11.3 Å². The first kappa shape index (κ1) is 9.47. The van der Waals surface area contributed by atoms with Gasteiger partial charge in [0.2, 0.25) is 0 Å². The van der Waals surface area contributed by atoms with Gasteiger partial charge in [-0.2, -0.15) is 5.10 Å². The molecule has 1 aromatic heterocycles. The summed E-state index contributed by atoms with van der Waals surface area (Å²) in [6.45, 7) is 0. The summed E-state index contributed by atoms with van der Waals surface area (Å²) in [7, 11) is 0. The van der Waals surface area contributed by atoms with Gasteiger partial charge in [-0.15, -0.1) is 0 Å². The summed E-state index contributed by atoms with van der Waals surface area (Å²) in [6, 6.07) is 3.65. The molecule has 0 aliphatic carbocycles. The number of furan rings is 1. The fourth-order valence-corrected chi connectivity index (χ4v) is 0.721. The lowest BCUT2D eigenvalue weighted by Gasteiger charge is -1.89. The summed E-state index contributed by atoms with van der Waals surface area (Å²) >= 11 is 4.54. The molecule has 0 radical (unpaired) electrons. The Labute approximate surface area is 81.1 Å². The summed E-state index contributed by atoms with van der Waals surface area (Å²) in [5.74, 6) is 0.766. The molecule has 3 N–H and O–H groups in total. The quantitative estimate of drug-likeness (QED) is 0.431. The van der Waals surface area contributed by atoms with Gasteiger partial charge in [0.15, 0.2) is 5.11 Å². The minimum absolute atomic E-state index is 0.141. The second kappa shape index (κ2) is 5.10. The second-order valence-electron chi connectivity index (χ2n) is 2.13. The van der Waals surface area contributed by atoms with Crippen LogP contribution in [0.3, 0.4) is 0 Å². The van der Waals surface area contributed by atoms with E-state index in [-0.39, 0.29) is 5.11 Å². The number of hydrazone groups is 1. The highest BCUT2D eigenvalue weighted by molar-refractivity contribution is 7.80. The summed E-state index contributed by atoms with van der Waals surface area (Å²) < 4.78 is 5.04. The first-order valence-electron chi connectivity index (χ1n) is 3.58. The molecule has 0 aliphatic rings. The Morgan fingerprint density at radius 1 is 1.69 bits per heavy atom. The van der Waals surface area contributed by atoms with E-state index in [1.807, 2.05) is 12.1 Å². The molecule has 0 fully saturated rings. The number of nitrogens with two attached hydrogens (primary N) is 1. The molecule has 0 spiro atoms. The number of rotatable bonds is 3. The molecule has 0 saturated heterocycles. The monoisotopic (exact) mass is 195 g/mol. The topological polar surface area (TPSA) is 63.5 Å². The lowest BCUT2D eigenvalue weighted by atomic mass is 10.4. The maximum absolute atomic E-state index is 5.13. The molecule has 1 aromatic rings. The highest BCUT2D eigenvalue weighted by atomic mass is 32.1. The third-order valence-corrected chi connectivity index (χ3v) is 1.23. The van der Waals surface area contributed by atoms with Crippen LogP contribution in [0.1, 0.15) is 5.76 Å². The number of nitrogens with one attached hydrogen (secondary N) is 1. The third kappa shape index (κ3) is 4.07. The van der Waals surface area contributed by atoms with Crippen molar-refractivity contribution in [2.75, 3.05) is 0 Å². The molecule has 0 aliphatic heterocycles. The lowest BCUT2D eigenvalue weighted by Crippen LogP contribution is -2.23. The predicted molar refractivity (Wildman–Crippen MR) is 56.2 cm³/mol. The van der Waals surface area contributed by atoms with Crippen molar-refractivity contribution >= 4 is 29.6 Å². The Kier molecular flexibility index (Phi) is 3.72. The highest BCUT2D eigenvalue weighted by Crippen LogP contribution is 2.00. The molecule has 0 unspecified atom stereocenters. The standard InChI is InChI=1S/C8H9N3OS/c9-8(13)11-10-5-1-3-7-4-2-6-12-7/h1-6H,(H3,9,11,13)/b3-1-,10-5+. The molecule has 1 heterocycles. The largest absolute Gasteiger partial charge is 0.465 e. The molecular formula is C8H9N3OS. The van der Waals surface area contributed by atoms with Crippen LogP contribution < -0.4 is 11.2 Å². The molecule has 0 aromatic carbocycles. The second-order valence-corrected chi connectivity index (χ2v) is 2.57. The van der Waals surface area contributed by atoms with Crippen LogP contribution in [0.5, 0.6) is 0 Å².